The van der Waals surface area contributed by atoms with Gasteiger partial charge in [0.25, 0.3) is 5.91 Å². The highest BCUT2D eigenvalue weighted by atomic mass is 32.2. The van der Waals surface area contributed by atoms with Crippen LogP contribution < -0.4 is 5.32 Å². The molecule has 1 aliphatic heterocycles. The topological polar surface area (TPSA) is 73.3 Å². The number of thioether (sulfide) groups is 1. The van der Waals surface area contributed by atoms with E-state index in [-0.39, 0.29) is 11.7 Å². The Labute approximate surface area is 217 Å². The largest absolute Gasteiger partial charge is 0.387 e. The first-order valence-electron chi connectivity index (χ1n) is 11.1. The van der Waals surface area contributed by atoms with Crippen molar-refractivity contribution in [3.8, 4) is 0 Å². The molecule has 0 aliphatic carbocycles. The van der Waals surface area contributed by atoms with Crippen molar-refractivity contribution >= 4 is 46.9 Å². The number of rotatable bonds is 4. The van der Waals surface area contributed by atoms with E-state index in [0.29, 0.717) is 16.6 Å². The van der Waals surface area contributed by atoms with Crippen LogP contribution in [0.5, 0.6) is 0 Å². The zero-order chi connectivity index (χ0) is 25.8. The van der Waals surface area contributed by atoms with Crippen LogP contribution in [0.3, 0.4) is 0 Å². The van der Waals surface area contributed by atoms with Crippen LogP contribution in [0, 0.1) is 5.41 Å². The van der Waals surface area contributed by atoms with Crippen LogP contribution in [-0.2, 0) is 11.3 Å². The van der Waals surface area contributed by atoms with E-state index in [0.717, 1.165) is 27.3 Å². The third kappa shape index (κ3) is 8.77. The minimum absolute atomic E-state index is 0.0520. The number of benzene rings is 3. The van der Waals surface area contributed by atoms with Crippen LogP contribution >= 0.6 is 24.4 Å². The lowest BCUT2D eigenvalue weighted by Crippen LogP contribution is -2.28. The van der Waals surface area contributed by atoms with E-state index in [1.54, 1.807) is 6.92 Å². The van der Waals surface area contributed by atoms with E-state index >= 15 is 0 Å². The van der Waals surface area contributed by atoms with E-state index in [1.165, 1.54) is 16.7 Å². The van der Waals surface area contributed by atoms with Gasteiger partial charge in [0.1, 0.15) is 0 Å². The van der Waals surface area contributed by atoms with Crippen molar-refractivity contribution in [2.45, 2.75) is 32.2 Å². The lowest BCUT2D eigenvalue weighted by atomic mass is 10.2. The van der Waals surface area contributed by atoms with Crippen molar-refractivity contribution in [3.05, 3.63) is 107 Å². The van der Waals surface area contributed by atoms with E-state index in [4.69, 9.17) is 5.41 Å². The second kappa shape index (κ2) is 14.2. The molecule has 0 spiro atoms. The molecule has 1 fully saturated rings. The number of para-hydroxylation sites is 1. The van der Waals surface area contributed by atoms with Gasteiger partial charge in [0, 0.05) is 23.2 Å². The molecule has 4 rings (SSSR count). The first-order chi connectivity index (χ1) is 16.7. The summed E-state index contributed by atoms with van der Waals surface area (Å²) in [6, 6.07) is 26.9. The molecule has 7 heteroatoms. The Hall–Kier alpha value is -3.29. The number of Topliss-reactive ketones (excluding diaryl/α,β-unsaturated/α-hetero) is 1. The molecule has 1 aliphatic rings. The molecule has 5 nitrogen and oxygen atoms in total. The maximum Gasteiger partial charge on any atom is 0.266 e. The molecule has 0 atom stereocenters. The number of thiol groups is 1. The zero-order valence-electron chi connectivity index (χ0n) is 20.4. The number of anilines is 1. The van der Waals surface area contributed by atoms with Gasteiger partial charge < -0.3 is 5.32 Å². The van der Waals surface area contributed by atoms with Gasteiger partial charge in [-0.25, -0.2) is 0 Å². The molecule has 182 valence electrons. The quantitative estimate of drug-likeness (QED) is 0.205. The van der Waals surface area contributed by atoms with Crippen molar-refractivity contribution < 1.29 is 9.59 Å². The molecule has 2 N–H and O–H groups in total. The Morgan fingerprint density at radius 2 is 1.46 bits per heavy atom. The van der Waals surface area contributed by atoms with Gasteiger partial charge in [0.15, 0.2) is 11.0 Å². The average molecular weight is 506 g/mol. The summed E-state index contributed by atoms with van der Waals surface area (Å²) in [4.78, 5) is 25.9. The minimum Gasteiger partial charge on any atom is -0.387 e. The number of carbonyl (C=O) groups is 2. The Morgan fingerprint density at radius 3 is 1.89 bits per heavy atom. The van der Waals surface area contributed by atoms with Crippen molar-refractivity contribution in [2.24, 2.45) is 0 Å². The smallest absolute Gasteiger partial charge is 0.266 e. The van der Waals surface area contributed by atoms with Crippen molar-refractivity contribution in [1.82, 2.24) is 4.90 Å². The Morgan fingerprint density at radius 1 is 0.914 bits per heavy atom. The lowest BCUT2D eigenvalue weighted by Gasteiger charge is -2.14. The first kappa shape index (κ1) is 28.0. The monoisotopic (exact) mass is 505 g/mol. The lowest BCUT2D eigenvalue weighted by molar-refractivity contribution is -0.122. The molecule has 0 aromatic heterocycles. The van der Waals surface area contributed by atoms with Gasteiger partial charge in [-0.05, 0) is 50.2 Å². The fourth-order valence-corrected chi connectivity index (χ4v) is 4.12. The van der Waals surface area contributed by atoms with Gasteiger partial charge in [-0.2, -0.15) is 0 Å². The number of amides is 1. The van der Waals surface area contributed by atoms with E-state index in [9.17, 15) is 9.59 Å². The summed E-state index contributed by atoms with van der Waals surface area (Å²) in [6.45, 7) is 5.84. The van der Waals surface area contributed by atoms with Crippen molar-refractivity contribution in [2.75, 3.05) is 12.4 Å². The molecular formula is C28H31N3O2S2. The molecular weight excluding hydrogens is 474 g/mol. The highest BCUT2D eigenvalue weighted by Crippen LogP contribution is 2.33. The predicted octanol–water partition coefficient (Wildman–Crippen LogP) is 6.90. The van der Waals surface area contributed by atoms with Crippen LogP contribution in [-0.4, -0.2) is 28.8 Å². The average Bonchev–Trinajstić information content (AvgIpc) is 3.15. The summed E-state index contributed by atoms with van der Waals surface area (Å²) in [5, 5.41) is 11.2. The molecule has 0 bridgehead atoms. The van der Waals surface area contributed by atoms with Gasteiger partial charge in [0.2, 0.25) is 0 Å². The Bertz CT molecular complexity index is 1180. The Kier molecular flexibility index (Phi) is 11.3. The van der Waals surface area contributed by atoms with Gasteiger partial charge in [0.05, 0.1) is 11.4 Å². The van der Waals surface area contributed by atoms with Gasteiger partial charge in [-0.1, -0.05) is 78.4 Å². The van der Waals surface area contributed by atoms with Crippen LogP contribution in [0.4, 0.5) is 5.69 Å². The molecule has 35 heavy (non-hydrogen) atoms. The number of nitrogens with zero attached hydrogens (tertiary/aromatic N) is 1. The summed E-state index contributed by atoms with van der Waals surface area (Å²) in [5.41, 5.74) is 3.86. The summed E-state index contributed by atoms with van der Waals surface area (Å²) < 4.78 is 0. The third-order valence-electron chi connectivity index (χ3n) is 4.87. The third-order valence-corrected chi connectivity index (χ3v) is 6.47. The fraction of sp³-hybridized carbons (Fsp3) is 0.179. The molecule has 3 aromatic rings. The fourth-order valence-electron chi connectivity index (χ4n) is 2.99. The molecule has 1 amide bonds. The zero-order valence-corrected chi connectivity index (χ0v) is 22.1. The predicted molar refractivity (Wildman–Crippen MR) is 150 cm³/mol. The molecule has 1 saturated heterocycles. The number of carbonyl (C=O) groups excluding carboxylic acids is 2. The number of hydrogen-bond donors (Lipinski definition) is 3. The van der Waals surface area contributed by atoms with Crippen LogP contribution in [0.15, 0.2) is 100 Å². The van der Waals surface area contributed by atoms with E-state index in [2.05, 4.69) is 17.9 Å². The maximum atomic E-state index is 12.1. The second-order valence-electron chi connectivity index (χ2n) is 7.80. The minimum atomic E-state index is -0.0520. The standard InChI is InChI=1S/C13H14N2OS.C8H8O.C7H9NS/c1-9(2)11-12(16)15(13(14)17-11)8-10-6-4-3-5-7-10;1-7(9)8-5-3-2-4-6-8;1-8-6-4-2-3-5-7(6)9/h3-7,14H,8H2,1-2H3;2-6H,1H3;2-5,8-9H,1H3. The number of amidine groups is 1. The van der Waals surface area contributed by atoms with Crippen LogP contribution in [0.2, 0.25) is 0 Å². The van der Waals surface area contributed by atoms with Crippen LogP contribution in [0.25, 0.3) is 0 Å². The van der Waals surface area contributed by atoms with Crippen molar-refractivity contribution in [1.29, 1.82) is 5.41 Å². The molecule has 0 unspecified atom stereocenters. The van der Waals surface area contributed by atoms with Gasteiger partial charge in [-0.15, -0.1) is 12.6 Å². The number of hydrogen-bond acceptors (Lipinski definition) is 6. The summed E-state index contributed by atoms with van der Waals surface area (Å²) in [5.74, 6) is 0.0689. The van der Waals surface area contributed by atoms with E-state index < -0.39 is 0 Å². The molecule has 1 heterocycles. The van der Waals surface area contributed by atoms with Gasteiger partial charge in [-0.3, -0.25) is 19.9 Å². The van der Waals surface area contributed by atoms with Crippen LogP contribution in [0.1, 0.15) is 36.7 Å². The molecule has 3 aromatic carbocycles. The number of allylic oxidation sites excluding steroid dienone is 1. The summed E-state index contributed by atoms with van der Waals surface area (Å²) in [7, 11) is 1.88. The molecule has 0 saturated carbocycles. The number of ketones is 1. The van der Waals surface area contributed by atoms with E-state index in [1.807, 2.05) is 106 Å². The highest BCUT2D eigenvalue weighted by Gasteiger charge is 2.32. The van der Waals surface area contributed by atoms with Gasteiger partial charge >= 0.3 is 0 Å². The normalized spacial score (nSPS) is 12.3. The second-order valence-corrected chi connectivity index (χ2v) is 9.28. The number of nitrogens with one attached hydrogen (secondary N) is 2. The SMILES string of the molecule is CC(=O)c1ccccc1.CC(C)=C1SC(=N)N(Cc2ccccc2)C1=O.CNc1ccccc1S. The Balaban J connectivity index is 0.000000203. The first-order valence-corrected chi connectivity index (χ1v) is 12.3. The summed E-state index contributed by atoms with van der Waals surface area (Å²) in [6.07, 6.45) is 0. The summed E-state index contributed by atoms with van der Waals surface area (Å²) >= 11 is 5.46. The maximum absolute atomic E-state index is 12.1. The van der Waals surface area contributed by atoms with Crippen molar-refractivity contribution in [3.63, 3.8) is 0 Å². The highest BCUT2D eigenvalue weighted by molar-refractivity contribution is 8.18. The molecule has 0 radical (unpaired) electrons.